The summed E-state index contributed by atoms with van der Waals surface area (Å²) in [4.78, 5) is 0.988. The fraction of sp³-hybridized carbons (Fsp3) is 0.273. The highest BCUT2D eigenvalue weighted by atomic mass is 79.9. The molecule has 2 aromatic rings. The van der Waals surface area contributed by atoms with Crippen molar-refractivity contribution in [1.82, 2.24) is 0 Å². The molecule has 0 aliphatic rings. The number of furan rings is 1. The van der Waals surface area contributed by atoms with Crippen molar-refractivity contribution in [3.05, 3.63) is 45.0 Å². The lowest BCUT2D eigenvalue weighted by atomic mass is 10.1. The predicted octanol–water partition coefficient (Wildman–Crippen LogP) is 3.77. The van der Waals surface area contributed by atoms with Crippen LogP contribution in [0, 0.1) is 0 Å². The van der Waals surface area contributed by atoms with Crippen LogP contribution < -0.4 is 0 Å². The van der Waals surface area contributed by atoms with Gasteiger partial charge in [-0.05, 0) is 45.9 Å². The first-order valence-corrected chi connectivity index (χ1v) is 6.38. The second kappa shape index (κ2) is 4.96. The molecular formula is C11H11BrO2S. The number of halogens is 1. The molecule has 80 valence electrons. The number of thiophene rings is 1. The lowest BCUT2D eigenvalue weighted by Gasteiger charge is -2.07. The number of aliphatic hydroxyl groups excluding tert-OH is 1. The van der Waals surface area contributed by atoms with Gasteiger partial charge in [0.2, 0.25) is 0 Å². The normalized spacial score (nSPS) is 12.9. The lowest BCUT2D eigenvalue weighted by Crippen LogP contribution is -1.97. The SMILES string of the molecule is OC(CCc1ccco1)c1sccc1Br. The summed E-state index contributed by atoms with van der Waals surface area (Å²) in [5.74, 6) is 0.918. The summed E-state index contributed by atoms with van der Waals surface area (Å²) in [6.45, 7) is 0. The van der Waals surface area contributed by atoms with E-state index in [9.17, 15) is 5.11 Å². The third-order valence-electron chi connectivity index (χ3n) is 2.19. The number of aliphatic hydroxyl groups is 1. The molecule has 0 aromatic carbocycles. The predicted molar refractivity (Wildman–Crippen MR) is 64.0 cm³/mol. The van der Waals surface area contributed by atoms with Gasteiger partial charge in [-0.25, -0.2) is 0 Å². The van der Waals surface area contributed by atoms with E-state index in [1.807, 2.05) is 23.6 Å². The molecule has 0 amide bonds. The van der Waals surface area contributed by atoms with Crippen LogP contribution in [0.1, 0.15) is 23.2 Å². The van der Waals surface area contributed by atoms with E-state index >= 15 is 0 Å². The average molecular weight is 287 g/mol. The number of aryl methyl sites for hydroxylation is 1. The number of hydrogen-bond acceptors (Lipinski definition) is 3. The van der Waals surface area contributed by atoms with Gasteiger partial charge in [0.15, 0.2) is 0 Å². The molecule has 1 unspecified atom stereocenters. The van der Waals surface area contributed by atoms with Crippen LogP contribution in [-0.2, 0) is 6.42 Å². The van der Waals surface area contributed by atoms with E-state index in [1.54, 1.807) is 17.6 Å². The Morgan fingerprint density at radius 3 is 2.93 bits per heavy atom. The molecule has 15 heavy (non-hydrogen) atoms. The molecule has 0 bridgehead atoms. The molecule has 0 aliphatic carbocycles. The Bertz CT molecular complexity index is 408. The Hall–Kier alpha value is -0.580. The molecule has 2 heterocycles. The largest absolute Gasteiger partial charge is 0.469 e. The molecule has 2 nitrogen and oxygen atoms in total. The fourth-order valence-electron chi connectivity index (χ4n) is 1.41. The van der Waals surface area contributed by atoms with Gasteiger partial charge < -0.3 is 9.52 Å². The molecular weight excluding hydrogens is 276 g/mol. The Morgan fingerprint density at radius 2 is 2.33 bits per heavy atom. The van der Waals surface area contributed by atoms with Gasteiger partial charge >= 0.3 is 0 Å². The molecule has 1 N–H and O–H groups in total. The molecule has 0 aliphatic heterocycles. The van der Waals surface area contributed by atoms with Crippen molar-refractivity contribution in [2.24, 2.45) is 0 Å². The van der Waals surface area contributed by atoms with Gasteiger partial charge in [0.25, 0.3) is 0 Å². The maximum atomic E-state index is 9.93. The molecule has 0 radical (unpaired) electrons. The summed E-state index contributed by atoms with van der Waals surface area (Å²) in [7, 11) is 0. The molecule has 0 spiro atoms. The van der Waals surface area contributed by atoms with Crippen LogP contribution >= 0.6 is 27.3 Å². The first-order valence-electron chi connectivity index (χ1n) is 4.70. The number of rotatable bonds is 4. The Labute approximate surface area is 101 Å². The summed E-state index contributed by atoms with van der Waals surface area (Å²) in [6.07, 6.45) is 2.69. The Morgan fingerprint density at radius 1 is 1.47 bits per heavy atom. The molecule has 0 fully saturated rings. The quantitative estimate of drug-likeness (QED) is 0.928. The van der Waals surface area contributed by atoms with E-state index in [0.717, 1.165) is 21.5 Å². The van der Waals surface area contributed by atoms with Crippen molar-refractivity contribution in [2.75, 3.05) is 0 Å². The van der Waals surface area contributed by atoms with Gasteiger partial charge in [0.1, 0.15) is 5.76 Å². The third-order valence-corrected chi connectivity index (χ3v) is 4.16. The number of hydrogen-bond donors (Lipinski definition) is 1. The highest BCUT2D eigenvalue weighted by molar-refractivity contribution is 9.10. The van der Waals surface area contributed by atoms with Crippen LogP contribution in [0.2, 0.25) is 0 Å². The molecule has 1 atom stereocenters. The summed E-state index contributed by atoms with van der Waals surface area (Å²) in [5.41, 5.74) is 0. The summed E-state index contributed by atoms with van der Waals surface area (Å²) >= 11 is 4.98. The van der Waals surface area contributed by atoms with Crippen molar-refractivity contribution in [3.63, 3.8) is 0 Å². The Balaban J connectivity index is 1.93. The van der Waals surface area contributed by atoms with Crippen LogP contribution in [0.25, 0.3) is 0 Å². The van der Waals surface area contributed by atoms with Crippen molar-refractivity contribution >= 4 is 27.3 Å². The van der Waals surface area contributed by atoms with Crippen molar-refractivity contribution in [3.8, 4) is 0 Å². The lowest BCUT2D eigenvalue weighted by molar-refractivity contribution is 0.168. The minimum absolute atomic E-state index is 0.413. The third kappa shape index (κ3) is 2.71. The minimum Gasteiger partial charge on any atom is -0.469 e. The first kappa shape index (κ1) is 10.9. The zero-order valence-electron chi connectivity index (χ0n) is 8.02. The Kier molecular flexibility index (Phi) is 3.61. The van der Waals surface area contributed by atoms with Gasteiger partial charge in [-0.3, -0.25) is 0 Å². The second-order valence-corrected chi connectivity index (χ2v) is 5.07. The monoisotopic (exact) mass is 286 g/mol. The molecule has 2 rings (SSSR count). The summed E-state index contributed by atoms with van der Waals surface area (Å²) in [5, 5.41) is 11.9. The van der Waals surface area contributed by atoms with Gasteiger partial charge in [0.05, 0.1) is 12.4 Å². The maximum Gasteiger partial charge on any atom is 0.103 e. The average Bonchev–Trinajstić information content (AvgIpc) is 2.84. The van der Waals surface area contributed by atoms with Crippen LogP contribution in [0.3, 0.4) is 0 Å². The summed E-state index contributed by atoms with van der Waals surface area (Å²) in [6, 6.07) is 5.75. The minimum atomic E-state index is -0.413. The van der Waals surface area contributed by atoms with Gasteiger partial charge in [-0.15, -0.1) is 11.3 Å². The van der Waals surface area contributed by atoms with E-state index in [0.29, 0.717) is 6.42 Å². The zero-order chi connectivity index (χ0) is 10.7. The fourth-order valence-corrected chi connectivity index (χ4v) is 3.07. The molecule has 0 saturated carbocycles. The second-order valence-electron chi connectivity index (χ2n) is 3.27. The van der Waals surface area contributed by atoms with E-state index in [2.05, 4.69) is 15.9 Å². The molecule has 0 saturated heterocycles. The van der Waals surface area contributed by atoms with Gasteiger partial charge in [-0.2, -0.15) is 0 Å². The smallest absolute Gasteiger partial charge is 0.103 e. The van der Waals surface area contributed by atoms with E-state index < -0.39 is 6.10 Å². The van der Waals surface area contributed by atoms with Gasteiger partial charge in [-0.1, -0.05) is 0 Å². The first-order chi connectivity index (χ1) is 7.27. The van der Waals surface area contributed by atoms with E-state index in [-0.39, 0.29) is 0 Å². The van der Waals surface area contributed by atoms with Crippen molar-refractivity contribution in [1.29, 1.82) is 0 Å². The molecule has 4 heteroatoms. The van der Waals surface area contributed by atoms with Crippen molar-refractivity contribution < 1.29 is 9.52 Å². The van der Waals surface area contributed by atoms with Crippen LogP contribution in [0.5, 0.6) is 0 Å². The topological polar surface area (TPSA) is 33.4 Å². The zero-order valence-corrected chi connectivity index (χ0v) is 10.4. The maximum absolute atomic E-state index is 9.93. The van der Waals surface area contributed by atoms with E-state index in [4.69, 9.17) is 4.42 Å². The highest BCUT2D eigenvalue weighted by Gasteiger charge is 2.13. The molecule has 2 aromatic heterocycles. The van der Waals surface area contributed by atoms with Crippen LogP contribution in [-0.4, -0.2) is 5.11 Å². The standard InChI is InChI=1S/C11H11BrO2S/c12-9-5-7-15-11(9)10(13)4-3-8-2-1-6-14-8/h1-2,5-7,10,13H,3-4H2. The summed E-state index contributed by atoms with van der Waals surface area (Å²) < 4.78 is 6.20. The van der Waals surface area contributed by atoms with Gasteiger partial charge in [0, 0.05) is 15.8 Å². The highest BCUT2D eigenvalue weighted by Crippen LogP contribution is 2.31. The van der Waals surface area contributed by atoms with E-state index in [1.165, 1.54) is 0 Å². The van der Waals surface area contributed by atoms with Crippen molar-refractivity contribution in [2.45, 2.75) is 18.9 Å². The van der Waals surface area contributed by atoms with Crippen LogP contribution in [0.15, 0.2) is 38.7 Å². The van der Waals surface area contributed by atoms with Crippen LogP contribution in [0.4, 0.5) is 0 Å².